The average Bonchev–Trinajstić information content (AvgIpc) is 2.04. The van der Waals surface area contributed by atoms with Crippen LogP contribution in [0.4, 0.5) is 0 Å². The van der Waals surface area contributed by atoms with Crippen LogP contribution in [-0.2, 0) is 9.47 Å². The summed E-state index contributed by atoms with van der Waals surface area (Å²) >= 11 is 0. The second kappa shape index (κ2) is 4.77. The molecule has 1 rings (SSSR count). The van der Waals surface area contributed by atoms with E-state index in [0.717, 1.165) is 13.2 Å². The van der Waals surface area contributed by atoms with Crippen molar-refractivity contribution in [1.82, 2.24) is 0 Å². The average molecular weight is 184 g/mol. The Balaban J connectivity index is 2.80. The zero-order valence-corrected chi connectivity index (χ0v) is 9.09. The molecule has 1 saturated heterocycles. The molecule has 0 bridgehead atoms. The maximum atomic E-state index is 5.28. The van der Waals surface area contributed by atoms with E-state index in [2.05, 4.69) is 27.7 Å². The first-order chi connectivity index (χ1) is 6.13. The number of rotatable bonds is 2. The fourth-order valence-electron chi connectivity index (χ4n) is 2.08. The quantitative estimate of drug-likeness (QED) is 0.614. The summed E-state index contributed by atoms with van der Waals surface area (Å²) in [6.45, 7) is 10.9. The Morgan fingerprint density at radius 1 is 1.00 bits per heavy atom. The van der Waals surface area contributed by atoms with Crippen molar-refractivity contribution in [1.29, 1.82) is 0 Å². The Hall–Kier alpha value is -0.340. The highest BCUT2D eigenvalue weighted by Crippen LogP contribution is 2.25. The molecule has 0 aromatic carbocycles. The van der Waals surface area contributed by atoms with E-state index < -0.39 is 0 Å². The standard InChI is InChI=1S/C11H20O2/c1-8(2)11(9(3)4)10-5-12-7-13-6-10/h8-9H,5-7H2,1-4H3. The van der Waals surface area contributed by atoms with Crippen LogP contribution in [0.1, 0.15) is 27.7 Å². The first-order valence-corrected chi connectivity index (χ1v) is 5.00. The summed E-state index contributed by atoms with van der Waals surface area (Å²) in [5.41, 5.74) is 2.84. The van der Waals surface area contributed by atoms with Crippen LogP contribution in [0.25, 0.3) is 0 Å². The van der Waals surface area contributed by atoms with Crippen LogP contribution in [0.3, 0.4) is 0 Å². The topological polar surface area (TPSA) is 18.5 Å². The molecular formula is C11H20O2. The Morgan fingerprint density at radius 2 is 1.46 bits per heavy atom. The van der Waals surface area contributed by atoms with Crippen molar-refractivity contribution in [3.8, 4) is 0 Å². The van der Waals surface area contributed by atoms with E-state index >= 15 is 0 Å². The lowest BCUT2D eigenvalue weighted by molar-refractivity contribution is -0.0703. The molecule has 0 aliphatic carbocycles. The van der Waals surface area contributed by atoms with Crippen molar-refractivity contribution in [2.24, 2.45) is 11.8 Å². The van der Waals surface area contributed by atoms with E-state index in [9.17, 15) is 0 Å². The summed E-state index contributed by atoms with van der Waals surface area (Å²) in [6.07, 6.45) is 0. The van der Waals surface area contributed by atoms with Crippen LogP contribution < -0.4 is 0 Å². The third-order valence-corrected chi connectivity index (χ3v) is 2.37. The van der Waals surface area contributed by atoms with Crippen molar-refractivity contribution >= 4 is 0 Å². The molecule has 13 heavy (non-hydrogen) atoms. The van der Waals surface area contributed by atoms with Gasteiger partial charge in [0.2, 0.25) is 0 Å². The molecule has 0 spiro atoms. The predicted octanol–water partition coefficient (Wildman–Crippen LogP) is 2.60. The first kappa shape index (κ1) is 10.7. The zero-order valence-electron chi connectivity index (χ0n) is 9.09. The fourth-order valence-corrected chi connectivity index (χ4v) is 2.08. The normalized spacial score (nSPS) is 18.5. The number of hydrogen-bond acceptors (Lipinski definition) is 2. The number of ether oxygens (including phenoxy) is 2. The predicted molar refractivity (Wildman–Crippen MR) is 53.5 cm³/mol. The van der Waals surface area contributed by atoms with E-state index in [-0.39, 0.29) is 0 Å². The van der Waals surface area contributed by atoms with E-state index in [1.807, 2.05) is 0 Å². The highest BCUT2D eigenvalue weighted by molar-refractivity contribution is 5.19. The van der Waals surface area contributed by atoms with E-state index in [1.165, 1.54) is 11.1 Å². The largest absolute Gasteiger partial charge is 0.351 e. The molecule has 0 radical (unpaired) electrons. The van der Waals surface area contributed by atoms with Crippen LogP contribution in [0.2, 0.25) is 0 Å². The van der Waals surface area contributed by atoms with Crippen molar-refractivity contribution < 1.29 is 9.47 Å². The van der Waals surface area contributed by atoms with Gasteiger partial charge in [0.15, 0.2) is 0 Å². The summed E-state index contributed by atoms with van der Waals surface area (Å²) in [5.74, 6) is 1.19. The first-order valence-electron chi connectivity index (χ1n) is 5.00. The van der Waals surface area contributed by atoms with Crippen LogP contribution in [0, 0.1) is 11.8 Å². The number of hydrogen-bond donors (Lipinski definition) is 0. The monoisotopic (exact) mass is 184 g/mol. The minimum absolute atomic E-state index is 0.451. The smallest absolute Gasteiger partial charge is 0.147 e. The van der Waals surface area contributed by atoms with Crippen LogP contribution in [0.5, 0.6) is 0 Å². The molecule has 2 heteroatoms. The summed E-state index contributed by atoms with van der Waals surface area (Å²) in [6, 6.07) is 0. The van der Waals surface area contributed by atoms with Crippen molar-refractivity contribution in [3.63, 3.8) is 0 Å². The third-order valence-electron chi connectivity index (χ3n) is 2.37. The molecule has 1 heterocycles. The molecule has 0 aromatic heterocycles. The van der Waals surface area contributed by atoms with Gasteiger partial charge in [-0.15, -0.1) is 0 Å². The molecule has 0 aromatic rings. The van der Waals surface area contributed by atoms with Gasteiger partial charge >= 0.3 is 0 Å². The lowest BCUT2D eigenvalue weighted by atomic mass is 9.88. The van der Waals surface area contributed by atoms with Crippen LogP contribution in [0.15, 0.2) is 11.1 Å². The number of allylic oxidation sites excluding steroid dienone is 1. The Kier molecular flexibility index (Phi) is 3.94. The van der Waals surface area contributed by atoms with Gasteiger partial charge in [0, 0.05) is 0 Å². The molecule has 1 aliphatic rings. The van der Waals surface area contributed by atoms with Gasteiger partial charge in [-0.05, 0) is 17.4 Å². The minimum Gasteiger partial charge on any atom is -0.351 e. The van der Waals surface area contributed by atoms with Gasteiger partial charge in [0.1, 0.15) is 6.79 Å². The summed E-state index contributed by atoms with van der Waals surface area (Å²) in [4.78, 5) is 0. The van der Waals surface area contributed by atoms with Gasteiger partial charge in [0.05, 0.1) is 13.2 Å². The molecule has 1 fully saturated rings. The zero-order chi connectivity index (χ0) is 9.84. The summed E-state index contributed by atoms with van der Waals surface area (Å²) in [5, 5.41) is 0. The molecule has 1 aliphatic heterocycles. The van der Waals surface area contributed by atoms with Gasteiger partial charge in [0.25, 0.3) is 0 Å². The van der Waals surface area contributed by atoms with Gasteiger partial charge < -0.3 is 9.47 Å². The van der Waals surface area contributed by atoms with Gasteiger partial charge in [-0.2, -0.15) is 0 Å². The van der Waals surface area contributed by atoms with Gasteiger partial charge in [-0.25, -0.2) is 0 Å². The van der Waals surface area contributed by atoms with Crippen molar-refractivity contribution in [2.45, 2.75) is 27.7 Å². The second-order valence-electron chi connectivity index (χ2n) is 4.18. The Bertz CT molecular complexity index is 174. The lowest BCUT2D eigenvalue weighted by Gasteiger charge is -2.24. The van der Waals surface area contributed by atoms with Gasteiger partial charge in [-0.3, -0.25) is 0 Å². The second-order valence-corrected chi connectivity index (χ2v) is 4.18. The molecule has 0 N–H and O–H groups in total. The molecule has 76 valence electrons. The molecule has 0 amide bonds. The van der Waals surface area contributed by atoms with E-state index in [0.29, 0.717) is 18.6 Å². The van der Waals surface area contributed by atoms with Gasteiger partial charge in [-0.1, -0.05) is 33.3 Å². The molecule has 2 nitrogen and oxygen atoms in total. The molecule has 0 atom stereocenters. The highest BCUT2D eigenvalue weighted by Gasteiger charge is 2.16. The minimum atomic E-state index is 0.451. The van der Waals surface area contributed by atoms with E-state index in [4.69, 9.17) is 9.47 Å². The van der Waals surface area contributed by atoms with Crippen LogP contribution >= 0.6 is 0 Å². The fraction of sp³-hybridized carbons (Fsp3) is 0.818. The molecule has 0 unspecified atom stereocenters. The Labute approximate surface area is 80.9 Å². The molecule has 0 saturated carbocycles. The highest BCUT2D eigenvalue weighted by atomic mass is 16.7. The summed E-state index contributed by atoms with van der Waals surface area (Å²) < 4.78 is 10.6. The third kappa shape index (κ3) is 2.82. The van der Waals surface area contributed by atoms with Crippen LogP contribution in [-0.4, -0.2) is 20.0 Å². The van der Waals surface area contributed by atoms with E-state index in [1.54, 1.807) is 0 Å². The maximum Gasteiger partial charge on any atom is 0.147 e. The SMILES string of the molecule is CC(C)C(=C1COCOC1)C(C)C. The van der Waals surface area contributed by atoms with Crippen molar-refractivity contribution in [3.05, 3.63) is 11.1 Å². The summed E-state index contributed by atoms with van der Waals surface area (Å²) in [7, 11) is 0. The lowest BCUT2D eigenvalue weighted by Crippen LogP contribution is -2.20. The maximum absolute atomic E-state index is 5.28. The van der Waals surface area contributed by atoms with Crippen molar-refractivity contribution in [2.75, 3.05) is 20.0 Å². The Morgan fingerprint density at radius 3 is 1.85 bits per heavy atom. The molecular weight excluding hydrogens is 164 g/mol.